The van der Waals surface area contributed by atoms with Gasteiger partial charge >= 0.3 is 0 Å². The fraction of sp³-hybridized carbons (Fsp3) is 0.160. The molecule has 0 atom stereocenters. The van der Waals surface area contributed by atoms with Crippen LogP contribution in [0.15, 0.2) is 83.7 Å². The number of para-hydroxylation sites is 1. The number of hydrogen-bond donors (Lipinski definition) is 0. The molecule has 0 saturated carbocycles. The van der Waals surface area contributed by atoms with Crippen LogP contribution in [-0.2, 0) is 0 Å². The number of nitrogens with zero attached hydrogens (tertiary/aromatic N) is 1. The number of methoxy groups -OCH3 is 1. The van der Waals surface area contributed by atoms with Crippen molar-refractivity contribution in [3.05, 3.63) is 94.6 Å². The van der Waals surface area contributed by atoms with E-state index in [2.05, 4.69) is 42.7 Å². The maximum Gasteiger partial charge on any atom is 0.190 e. The van der Waals surface area contributed by atoms with Gasteiger partial charge in [0.1, 0.15) is 5.75 Å². The molecule has 1 aromatic heterocycles. The smallest absolute Gasteiger partial charge is 0.190 e. The first kappa shape index (κ1) is 18.1. The van der Waals surface area contributed by atoms with Crippen LogP contribution in [0.3, 0.4) is 0 Å². The van der Waals surface area contributed by atoms with Crippen LogP contribution < -0.4 is 10.2 Å². The van der Waals surface area contributed by atoms with Gasteiger partial charge < -0.3 is 9.30 Å². The molecule has 4 aromatic rings. The largest absolute Gasteiger partial charge is 0.497 e. The number of rotatable bonds is 4. The Balaban J connectivity index is 2.00. The van der Waals surface area contributed by atoms with Crippen molar-refractivity contribution in [1.29, 1.82) is 0 Å². The maximum absolute atomic E-state index is 12.8. The van der Waals surface area contributed by atoms with Crippen molar-refractivity contribution in [2.75, 3.05) is 7.11 Å². The van der Waals surface area contributed by atoms with Crippen LogP contribution in [0.2, 0.25) is 0 Å². The lowest BCUT2D eigenvalue weighted by Crippen LogP contribution is -2.10. The highest BCUT2D eigenvalue weighted by Gasteiger charge is 2.13. The van der Waals surface area contributed by atoms with Crippen molar-refractivity contribution < 1.29 is 4.74 Å². The normalized spacial score (nSPS) is 11.1. The van der Waals surface area contributed by atoms with E-state index in [0.29, 0.717) is 11.3 Å². The van der Waals surface area contributed by atoms with Crippen LogP contribution in [-0.4, -0.2) is 11.7 Å². The third-order valence-electron chi connectivity index (χ3n) is 5.12. The average Bonchev–Trinajstić information content (AvgIpc) is 2.74. The van der Waals surface area contributed by atoms with Crippen molar-refractivity contribution in [2.45, 2.75) is 19.8 Å². The monoisotopic (exact) mass is 369 g/mol. The minimum absolute atomic E-state index is 0.0308. The first-order chi connectivity index (χ1) is 13.6. The number of pyridine rings is 1. The van der Waals surface area contributed by atoms with E-state index in [-0.39, 0.29) is 5.43 Å². The topological polar surface area (TPSA) is 31.2 Å². The molecule has 0 aliphatic heterocycles. The second-order valence-corrected chi connectivity index (χ2v) is 7.22. The van der Waals surface area contributed by atoms with Crippen molar-refractivity contribution in [3.8, 4) is 22.7 Å². The molecule has 140 valence electrons. The minimum Gasteiger partial charge on any atom is -0.497 e. The lowest BCUT2D eigenvalue weighted by atomic mass is 10.00. The highest BCUT2D eigenvalue weighted by Crippen LogP contribution is 2.29. The summed E-state index contributed by atoms with van der Waals surface area (Å²) in [4.78, 5) is 12.8. The molecular weight excluding hydrogens is 346 g/mol. The average molecular weight is 369 g/mol. The quantitative estimate of drug-likeness (QED) is 0.456. The van der Waals surface area contributed by atoms with Crippen LogP contribution in [0.25, 0.3) is 27.8 Å². The highest BCUT2D eigenvalue weighted by atomic mass is 16.5. The van der Waals surface area contributed by atoms with E-state index in [1.54, 1.807) is 13.2 Å². The third kappa shape index (κ3) is 3.20. The second-order valence-electron chi connectivity index (χ2n) is 7.22. The first-order valence-corrected chi connectivity index (χ1v) is 9.48. The molecule has 0 aliphatic rings. The predicted molar refractivity (Wildman–Crippen MR) is 116 cm³/mol. The highest BCUT2D eigenvalue weighted by molar-refractivity contribution is 5.84. The molecule has 4 rings (SSSR count). The molecule has 3 aromatic carbocycles. The van der Waals surface area contributed by atoms with Crippen LogP contribution in [0, 0.1) is 0 Å². The summed E-state index contributed by atoms with van der Waals surface area (Å²) in [6.45, 7) is 4.36. The van der Waals surface area contributed by atoms with Crippen LogP contribution in [0.5, 0.6) is 5.75 Å². The Morgan fingerprint density at radius 2 is 1.54 bits per heavy atom. The zero-order valence-electron chi connectivity index (χ0n) is 16.3. The molecule has 0 N–H and O–H groups in total. The van der Waals surface area contributed by atoms with Gasteiger partial charge in [0, 0.05) is 17.1 Å². The van der Waals surface area contributed by atoms with E-state index >= 15 is 0 Å². The molecule has 28 heavy (non-hydrogen) atoms. The van der Waals surface area contributed by atoms with Crippen LogP contribution in [0.1, 0.15) is 25.3 Å². The fourth-order valence-electron chi connectivity index (χ4n) is 3.53. The van der Waals surface area contributed by atoms with Gasteiger partial charge in [-0.3, -0.25) is 4.79 Å². The Labute approximate surface area is 164 Å². The molecule has 3 nitrogen and oxygen atoms in total. The second kappa shape index (κ2) is 7.35. The SMILES string of the molecule is COc1ccc(-n2c(-c3ccc(C(C)C)cc3)cc(=O)c3ccccc32)cc1. The number of aromatic nitrogens is 1. The summed E-state index contributed by atoms with van der Waals surface area (Å²) in [6.07, 6.45) is 0. The summed E-state index contributed by atoms with van der Waals surface area (Å²) in [5, 5.41) is 0.709. The Morgan fingerprint density at radius 1 is 0.857 bits per heavy atom. The van der Waals surface area contributed by atoms with Crippen molar-refractivity contribution in [2.24, 2.45) is 0 Å². The molecule has 0 aliphatic carbocycles. The Bertz CT molecular complexity index is 1170. The summed E-state index contributed by atoms with van der Waals surface area (Å²) in [5.74, 6) is 1.27. The molecule has 0 fully saturated rings. The molecule has 1 heterocycles. The zero-order chi connectivity index (χ0) is 19.7. The van der Waals surface area contributed by atoms with Gasteiger partial charge in [-0.2, -0.15) is 0 Å². The van der Waals surface area contributed by atoms with E-state index in [9.17, 15) is 4.79 Å². The van der Waals surface area contributed by atoms with E-state index in [1.165, 1.54) is 5.56 Å². The molecule has 0 spiro atoms. The van der Waals surface area contributed by atoms with Crippen LogP contribution >= 0.6 is 0 Å². The van der Waals surface area contributed by atoms with Gasteiger partial charge in [-0.15, -0.1) is 0 Å². The van der Waals surface area contributed by atoms with Crippen LogP contribution in [0.4, 0.5) is 0 Å². The molecular formula is C25H23NO2. The van der Waals surface area contributed by atoms with Crippen molar-refractivity contribution in [1.82, 2.24) is 4.57 Å². The van der Waals surface area contributed by atoms with Gasteiger partial charge in [0.2, 0.25) is 0 Å². The van der Waals surface area contributed by atoms with Crippen molar-refractivity contribution in [3.63, 3.8) is 0 Å². The van der Waals surface area contributed by atoms with Gasteiger partial charge in [-0.1, -0.05) is 50.2 Å². The predicted octanol–water partition coefficient (Wildman–Crippen LogP) is 5.79. The number of ether oxygens (including phenoxy) is 1. The van der Waals surface area contributed by atoms with Gasteiger partial charge in [0.25, 0.3) is 0 Å². The lowest BCUT2D eigenvalue weighted by molar-refractivity contribution is 0.415. The summed E-state index contributed by atoms with van der Waals surface area (Å²) in [6, 6.07) is 25.8. The minimum atomic E-state index is 0.0308. The molecule has 0 bridgehead atoms. The Hall–Kier alpha value is -3.33. The van der Waals surface area contributed by atoms with Crippen molar-refractivity contribution >= 4 is 10.9 Å². The summed E-state index contributed by atoms with van der Waals surface area (Å²) in [5.41, 5.74) is 5.08. The Kier molecular flexibility index (Phi) is 4.74. The zero-order valence-corrected chi connectivity index (χ0v) is 16.3. The molecule has 0 unspecified atom stereocenters. The Morgan fingerprint density at radius 3 is 2.18 bits per heavy atom. The molecule has 0 amide bonds. The van der Waals surface area contributed by atoms with E-state index in [1.807, 2.05) is 48.5 Å². The van der Waals surface area contributed by atoms with E-state index in [4.69, 9.17) is 4.74 Å². The lowest BCUT2D eigenvalue weighted by Gasteiger charge is -2.18. The van der Waals surface area contributed by atoms with Gasteiger partial charge in [-0.05, 0) is 53.4 Å². The number of fused-ring (bicyclic) bond motifs is 1. The molecule has 0 radical (unpaired) electrons. The summed E-state index contributed by atoms with van der Waals surface area (Å²) < 4.78 is 7.44. The van der Waals surface area contributed by atoms with E-state index in [0.717, 1.165) is 28.2 Å². The summed E-state index contributed by atoms with van der Waals surface area (Å²) >= 11 is 0. The van der Waals surface area contributed by atoms with Gasteiger partial charge in [0.15, 0.2) is 5.43 Å². The van der Waals surface area contributed by atoms with E-state index < -0.39 is 0 Å². The number of hydrogen-bond acceptors (Lipinski definition) is 2. The third-order valence-corrected chi connectivity index (χ3v) is 5.12. The van der Waals surface area contributed by atoms with Gasteiger partial charge in [0.05, 0.1) is 18.3 Å². The maximum atomic E-state index is 12.8. The fourth-order valence-corrected chi connectivity index (χ4v) is 3.53. The summed E-state index contributed by atoms with van der Waals surface area (Å²) in [7, 11) is 1.66. The molecule has 3 heteroatoms. The first-order valence-electron chi connectivity index (χ1n) is 9.48. The number of benzene rings is 3. The molecule has 0 saturated heterocycles. The van der Waals surface area contributed by atoms with Gasteiger partial charge in [-0.25, -0.2) is 0 Å². The standard InChI is InChI=1S/C25H23NO2/c1-17(2)18-8-10-19(11-9-18)24-16-25(27)22-6-4-5-7-23(22)26(24)20-12-14-21(28-3)15-13-20/h4-17H,1-3H3.